The molecule has 1 aliphatic carbocycles. The molecular weight excluding hydrogens is 277 g/mol. The molecule has 0 bridgehead atoms. The largest absolute Gasteiger partial charge is 0.437 e. The third kappa shape index (κ3) is 2.28. The Morgan fingerprint density at radius 3 is 2.75 bits per heavy atom. The number of nitrogens with one attached hydrogen (secondary N) is 1. The highest BCUT2D eigenvalue weighted by atomic mass is 19.4. The van der Waals surface area contributed by atoms with Gasteiger partial charge in [-0.25, -0.2) is 0 Å². The highest BCUT2D eigenvalue weighted by Gasteiger charge is 2.55. The van der Waals surface area contributed by atoms with Gasteiger partial charge in [0.1, 0.15) is 11.8 Å². The van der Waals surface area contributed by atoms with Crippen LogP contribution < -0.4 is 5.32 Å². The van der Waals surface area contributed by atoms with Crippen LogP contribution >= 0.6 is 0 Å². The van der Waals surface area contributed by atoms with Crippen molar-refractivity contribution in [3.05, 3.63) is 17.5 Å². The van der Waals surface area contributed by atoms with E-state index in [0.717, 1.165) is 25.5 Å². The number of hydrogen-bond donors (Lipinski definition) is 1. The Labute approximate surface area is 112 Å². The quantitative estimate of drug-likeness (QED) is 0.904. The van der Waals surface area contributed by atoms with Crippen LogP contribution in [0.1, 0.15) is 35.3 Å². The Morgan fingerprint density at radius 1 is 1.40 bits per heavy atom. The molecule has 8 heteroatoms. The summed E-state index contributed by atoms with van der Waals surface area (Å²) in [6.45, 7) is 1.26. The molecule has 2 fully saturated rings. The number of amides is 1. The number of nitrogens with zero attached hydrogens (tertiary/aromatic N) is 1. The zero-order chi connectivity index (χ0) is 14.4. The van der Waals surface area contributed by atoms with Gasteiger partial charge >= 0.3 is 6.18 Å². The van der Waals surface area contributed by atoms with E-state index in [9.17, 15) is 18.0 Å². The van der Waals surface area contributed by atoms with Gasteiger partial charge in [0.25, 0.3) is 5.91 Å². The third-order valence-electron chi connectivity index (χ3n) is 4.07. The predicted molar refractivity (Wildman–Crippen MR) is 59.9 cm³/mol. The van der Waals surface area contributed by atoms with E-state index >= 15 is 0 Å². The standard InChI is InChI=1S/C12H13F3N2O3/c13-12(14,15)9-7(6-20-17-9)10(18)16-8-5-11(8)1-3-19-4-2-11/h6,8H,1-5H2,(H,16,18). The highest BCUT2D eigenvalue weighted by molar-refractivity contribution is 5.95. The summed E-state index contributed by atoms with van der Waals surface area (Å²) in [4.78, 5) is 11.9. The molecule has 110 valence electrons. The molecule has 5 nitrogen and oxygen atoms in total. The van der Waals surface area contributed by atoms with Gasteiger partial charge in [0.05, 0.1) is 0 Å². The maximum atomic E-state index is 12.6. The van der Waals surface area contributed by atoms with Gasteiger partial charge < -0.3 is 14.6 Å². The lowest BCUT2D eigenvalue weighted by molar-refractivity contribution is -0.143. The maximum absolute atomic E-state index is 12.6. The minimum atomic E-state index is -4.69. The number of hydrogen-bond acceptors (Lipinski definition) is 4. The van der Waals surface area contributed by atoms with Crippen molar-refractivity contribution in [2.45, 2.75) is 31.5 Å². The van der Waals surface area contributed by atoms with E-state index in [1.54, 1.807) is 0 Å². The van der Waals surface area contributed by atoms with Crippen molar-refractivity contribution in [2.24, 2.45) is 5.41 Å². The second-order valence-electron chi connectivity index (χ2n) is 5.28. The van der Waals surface area contributed by atoms with Crippen LogP contribution in [0.25, 0.3) is 0 Å². The number of carbonyl (C=O) groups is 1. The fourth-order valence-electron chi connectivity index (χ4n) is 2.72. The van der Waals surface area contributed by atoms with Crippen LogP contribution in [0.4, 0.5) is 13.2 Å². The highest BCUT2D eigenvalue weighted by Crippen LogP contribution is 2.53. The average Bonchev–Trinajstić information content (AvgIpc) is 2.85. The second kappa shape index (κ2) is 4.47. The Morgan fingerprint density at radius 2 is 2.10 bits per heavy atom. The summed E-state index contributed by atoms with van der Waals surface area (Å²) in [5, 5.41) is 5.49. The van der Waals surface area contributed by atoms with Crippen LogP contribution in [0.15, 0.2) is 10.8 Å². The Hall–Kier alpha value is -1.57. The van der Waals surface area contributed by atoms with E-state index in [4.69, 9.17) is 4.74 Å². The van der Waals surface area contributed by atoms with Crippen LogP contribution in [-0.2, 0) is 10.9 Å². The van der Waals surface area contributed by atoms with E-state index in [1.165, 1.54) is 0 Å². The number of rotatable bonds is 2. The summed E-state index contributed by atoms with van der Waals surface area (Å²) in [6.07, 6.45) is -1.52. The number of ether oxygens (including phenoxy) is 1. The van der Waals surface area contributed by atoms with E-state index in [1.807, 2.05) is 0 Å². The molecule has 1 aromatic rings. The van der Waals surface area contributed by atoms with Crippen LogP contribution in [0.2, 0.25) is 0 Å². The fraction of sp³-hybridized carbons (Fsp3) is 0.667. The Balaban J connectivity index is 1.68. The first kappa shape index (κ1) is 13.4. The van der Waals surface area contributed by atoms with Crippen molar-refractivity contribution in [3.8, 4) is 0 Å². The minimum absolute atomic E-state index is 0.00344. The van der Waals surface area contributed by atoms with Crippen molar-refractivity contribution >= 4 is 5.91 Å². The molecule has 3 rings (SSSR count). The maximum Gasteiger partial charge on any atom is 0.437 e. The smallest absolute Gasteiger partial charge is 0.381 e. The van der Waals surface area contributed by atoms with Gasteiger partial charge in [0, 0.05) is 19.3 Å². The molecule has 1 amide bonds. The van der Waals surface area contributed by atoms with Crippen molar-refractivity contribution in [2.75, 3.05) is 13.2 Å². The lowest BCUT2D eigenvalue weighted by atomic mass is 9.96. The summed E-state index contributed by atoms with van der Waals surface area (Å²) in [5.74, 6) is -0.785. The molecule has 2 heterocycles. The zero-order valence-corrected chi connectivity index (χ0v) is 10.5. The molecule has 1 saturated heterocycles. The first-order chi connectivity index (χ1) is 9.42. The molecule has 1 saturated carbocycles. The van der Waals surface area contributed by atoms with Gasteiger partial charge in [-0.3, -0.25) is 4.79 Å². The molecule has 0 aromatic carbocycles. The van der Waals surface area contributed by atoms with Crippen LogP contribution in [0.5, 0.6) is 0 Å². The topological polar surface area (TPSA) is 64.4 Å². The number of carbonyl (C=O) groups excluding carboxylic acids is 1. The van der Waals surface area contributed by atoms with Crippen molar-refractivity contribution < 1.29 is 27.2 Å². The number of alkyl halides is 3. The van der Waals surface area contributed by atoms with Gasteiger partial charge in [-0.1, -0.05) is 5.16 Å². The predicted octanol–water partition coefficient (Wildman–Crippen LogP) is 1.99. The van der Waals surface area contributed by atoms with Gasteiger partial charge in [-0.15, -0.1) is 0 Å². The zero-order valence-electron chi connectivity index (χ0n) is 10.5. The van der Waals surface area contributed by atoms with Crippen LogP contribution in [0, 0.1) is 5.41 Å². The Kier molecular flexibility index (Phi) is 3.00. The van der Waals surface area contributed by atoms with Crippen molar-refractivity contribution in [1.29, 1.82) is 0 Å². The number of aromatic nitrogens is 1. The normalized spacial score (nSPS) is 24.6. The van der Waals surface area contributed by atoms with Gasteiger partial charge in [-0.2, -0.15) is 13.2 Å². The molecule has 1 aliphatic heterocycles. The molecule has 2 aliphatic rings. The monoisotopic (exact) mass is 290 g/mol. The van der Waals surface area contributed by atoms with Crippen molar-refractivity contribution in [1.82, 2.24) is 10.5 Å². The summed E-state index contributed by atoms with van der Waals surface area (Å²) in [7, 11) is 0. The second-order valence-corrected chi connectivity index (χ2v) is 5.28. The Bertz CT molecular complexity index is 520. The summed E-state index contributed by atoms with van der Waals surface area (Å²) in [6, 6.07) is -0.0881. The molecule has 20 heavy (non-hydrogen) atoms. The first-order valence-corrected chi connectivity index (χ1v) is 6.33. The molecule has 0 radical (unpaired) electrons. The molecular formula is C12H13F3N2O3. The van der Waals surface area contributed by atoms with E-state index in [-0.39, 0.29) is 11.5 Å². The third-order valence-corrected chi connectivity index (χ3v) is 4.07. The molecule has 1 aromatic heterocycles. The van der Waals surface area contributed by atoms with Gasteiger partial charge in [0.15, 0.2) is 5.69 Å². The summed E-state index contributed by atoms with van der Waals surface area (Å²) >= 11 is 0. The molecule has 1 N–H and O–H groups in total. The minimum Gasteiger partial charge on any atom is -0.381 e. The lowest BCUT2D eigenvalue weighted by Gasteiger charge is -2.22. The summed E-state index contributed by atoms with van der Waals surface area (Å²) < 4.78 is 47.4. The van der Waals surface area contributed by atoms with E-state index < -0.39 is 23.3 Å². The molecule has 1 spiro atoms. The fourth-order valence-corrected chi connectivity index (χ4v) is 2.72. The number of halogens is 3. The molecule has 1 unspecified atom stereocenters. The van der Waals surface area contributed by atoms with Crippen LogP contribution in [0.3, 0.4) is 0 Å². The SMILES string of the molecule is O=C(NC1CC12CCOCC2)c1conc1C(F)(F)F. The van der Waals surface area contributed by atoms with Gasteiger partial charge in [0.2, 0.25) is 0 Å². The van der Waals surface area contributed by atoms with Gasteiger partial charge in [-0.05, 0) is 24.7 Å². The molecule has 1 atom stereocenters. The van der Waals surface area contributed by atoms with E-state index in [0.29, 0.717) is 13.2 Å². The summed E-state index contributed by atoms with van der Waals surface area (Å²) in [5.41, 5.74) is -1.84. The average molecular weight is 290 g/mol. The van der Waals surface area contributed by atoms with E-state index in [2.05, 4.69) is 15.0 Å². The lowest BCUT2D eigenvalue weighted by Crippen LogP contribution is -2.33. The van der Waals surface area contributed by atoms with Crippen LogP contribution in [-0.4, -0.2) is 30.3 Å². The van der Waals surface area contributed by atoms with Crippen molar-refractivity contribution in [3.63, 3.8) is 0 Å². The first-order valence-electron chi connectivity index (χ1n) is 6.33.